The van der Waals surface area contributed by atoms with E-state index in [9.17, 15) is 33.9 Å². The van der Waals surface area contributed by atoms with Crippen molar-refractivity contribution in [1.29, 1.82) is 0 Å². The summed E-state index contributed by atoms with van der Waals surface area (Å²) in [5.41, 5.74) is 1.87. The van der Waals surface area contributed by atoms with E-state index in [1.54, 1.807) is 36.4 Å². The summed E-state index contributed by atoms with van der Waals surface area (Å²) in [5.74, 6) is -3.96. The van der Waals surface area contributed by atoms with Crippen LogP contribution in [0.1, 0.15) is 34.5 Å². The fourth-order valence-corrected chi connectivity index (χ4v) is 6.26. The van der Waals surface area contributed by atoms with Gasteiger partial charge in [0, 0.05) is 23.9 Å². The molecule has 4 N–H and O–H groups in total. The first-order valence-electron chi connectivity index (χ1n) is 13.5. The Labute approximate surface area is 255 Å². The Morgan fingerprint density at radius 1 is 1.05 bits per heavy atom. The number of nitrogens with one attached hydrogen (secondary N) is 3. The molecule has 44 heavy (non-hydrogen) atoms. The van der Waals surface area contributed by atoms with Gasteiger partial charge in [-0.3, -0.25) is 28.9 Å². The zero-order valence-corrected chi connectivity index (χ0v) is 24.5. The van der Waals surface area contributed by atoms with Crippen molar-refractivity contribution < 1.29 is 33.8 Å². The quantitative estimate of drug-likeness (QED) is 0.207. The minimum atomic E-state index is -1.36. The number of hydrogen-bond acceptors (Lipinski definition) is 8. The summed E-state index contributed by atoms with van der Waals surface area (Å²) in [6, 6.07) is 16.4. The number of β-lactam (4-membered cyclic amide) rings is 1. The Morgan fingerprint density at radius 2 is 1.75 bits per heavy atom. The zero-order chi connectivity index (χ0) is 31.5. The van der Waals surface area contributed by atoms with Gasteiger partial charge in [0.1, 0.15) is 35.3 Å². The number of aryl methyl sites for hydroxylation is 1. The van der Waals surface area contributed by atoms with Crippen LogP contribution in [-0.4, -0.2) is 68.4 Å². The number of carbonyl (C=O) groups excluding carboxylic acids is 4. The van der Waals surface area contributed by atoms with Crippen LogP contribution in [0.3, 0.4) is 0 Å². The monoisotopic (exact) mass is 616 g/mol. The average molecular weight is 617 g/mol. The lowest BCUT2D eigenvalue weighted by atomic mass is 10.0. The number of rotatable bonds is 9. The fraction of sp³-hybridized carbons (Fsp3) is 0.226. The smallest absolute Gasteiger partial charge is 0.352 e. The molecule has 1 aromatic heterocycles. The van der Waals surface area contributed by atoms with E-state index in [-0.39, 0.29) is 29.2 Å². The molecule has 12 nitrogen and oxygen atoms in total. The standard InChI is InChI=1S/C31H28N4O8S/c1-16-8-10-18(11-9-16)22-13-12-21(26(37)32-22)27(38)33-23(19-6-4-3-5-7-19)28(39)34-24-29(40)35-25(31(41)42)20(14-43-17(2)36)15-44-30(24)35/h3-13,23-24,30H,14-15H2,1-2H3,(H,32,37)(H,33,38)(H,34,39)(H,41,42)/t23-,24?,30-/m1/s1. The summed E-state index contributed by atoms with van der Waals surface area (Å²) in [6.07, 6.45) is 0. The third-order valence-corrected chi connectivity index (χ3v) is 8.52. The van der Waals surface area contributed by atoms with Gasteiger partial charge in [0.2, 0.25) is 5.91 Å². The second-order valence-corrected chi connectivity index (χ2v) is 11.3. The molecular weight excluding hydrogens is 588 g/mol. The number of amides is 3. The third-order valence-electron chi connectivity index (χ3n) is 7.18. The number of thioether (sulfide) groups is 1. The van der Waals surface area contributed by atoms with Crippen molar-refractivity contribution in [3.05, 3.63) is 105 Å². The molecule has 0 spiro atoms. The Kier molecular flexibility index (Phi) is 8.67. The molecule has 3 amide bonds. The van der Waals surface area contributed by atoms with Crippen molar-refractivity contribution in [3.63, 3.8) is 0 Å². The van der Waals surface area contributed by atoms with Crippen LogP contribution in [0, 0.1) is 6.92 Å². The molecule has 3 heterocycles. The topological polar surface area (TPSA) is 175 Å². The first kappa shape index (κ1) is 30.3. The molecule has 2 aromatic carbocycles. The maximum atomic E-state index is 13.6. The number of esters is 1. The van der Waals surface area contributed by atoms with Crippen LogP contribution in [0.2, 0.25) is 0 Å². The number of aromatic amines is 1. The molecule has 1 unspecified atom stereocenters. The van der Waals surface area contributed by atoms with Crippen molar-refractivity contribution in [2.75, 3.05) is 12.4 Å². The molecule has 1 fully saturated rings. The van der Waals surface area contributed by atoms with E-state index < -0.39 is 52.7 Å². The van der Waals surface area contributed by atoms with Gasteiger partial charge in [-0.05, 0) is 30.2 Å². The maximum absolute atomic E-state index is 13.6. The van der Waals surface area contributed by atoms with Crippen LogP contribution >= 0.6 is 11.8 Å². The highest BCUT2D eigenvalue weighted by molar-refractivity contribution is 8.00. The van der Waals surface area contributed by atoms with E-state index in [4.69, 9.17) is 4.74 Å². The number of carboxylic acid groups (broad SMARTS) is 1. The van der Waals surface area contributed by atoms with Crippen molar-refractivity contribution in [2.24, 2.45) is 0 Å². The van der Waals surface area contributed by atoms with Gasteiger partial charge in [0.15, 0.2) is 0 Å². The van der Waals surface area contributed by atoms with Crippen LogP contribution in [0.25, 0.3) is 11.3 Å². The molecular formula is C31H28N4O8S. The molecule has 5 rings (SSSR count). The number of carbonyl (C=O) groups is 5. The third kappa shape index (κ3) is 6.13. The van der Waals surface area contributed by atoms with Gasteiger partial charge < -0.3 is 25.5 Å². The molecule has 0 bridgehead atoms. The molecule has 3 aromatic rings. The lowest BCUT2D eigenvalue weighted by Gasteiger charge is -2.49. The summed E-state index contributed by atoms with van der Waals surface area (Å²) in [6.45, 7) is 2.86. The average Bonchev–Trinajstić information content (AvgIpc) is 3.01. The largest absolute Gasteiger partial charge is 0.477 e. The van der Waals surface area contributed by atoms with Gasteiger partial charge in [-0.15, -0.1) is 11.8 Å². The first-order valence-corrected chi connectivity index (χ1v) is 14.6. The number of nitrogens with zero attached hydrogens (tertiary/aromatic N) is 1. The molecule has 226 valence electrons. The highest BCUT2D eigenvalue weighted by Crippen LogP contribution is 2.40. The fourth-order valence-electron chi connectivity index (χ4n) is 4.93. The summed E-state index contributed by atoms with van der Waals surface area (Å²) in [7, 11) is 0. The predicted molar refractivity (Wildman–Crippen MR) is 160 cm³/mol. The number of aliphatic carboxylic acids is 1. The Hall–Kier alpha value is -5.17. The molecule has 2 aliphatic heterocycles. The highest BCUT2D eigenvalue weighted by atomic mass is 32.2. The molecule has 3 atom stereocenters. The lowest BCUT2D eigenvalue weighted by Crippen LogP contribution is -2.71. The van der Waals surface area contributed by atoms with Crippen LogP contribution in [-0.2, 0) is 23.9 Å². The number of hydrogen-bond donors (Lipinski definition) is 4. The van der Waals surface area contributed by atoms with Crippen LogP contribution < -0.4 is 16.2 Å². The van der Waals surface area contributed by atoms with Crippen molar-refractivity contribution >= 4 is 41.4 Å². The Bertz CT molecular complexity index is 1740. The van der Waals surface area contributed by atoms with E-state index in [1.807, 2.05) is 31.2 Å². The second-order valence-electron chi connectivity index (χ2n) is 10.2. The minimum absolute atomic E-state index is 0.163. The number of ether oxygens (including phenoxy) is 1. The first-order chi connectivity index (χ1) is 21.0. The van der Waals surface area contributed by atoms with Crippen molar-refractivity contribution in [3.8, 4) is 11.3 Å². The molecule has 2 aliphatic rings. The molecule has 1 saturated heterocycles. The van der Waals surface area contributed by atoms with Crippen LogP contribution in [0.15, 0.2) is 82.8 Å². The van der Waals surface area contributed by atoms with E-state index in [0.29, 0.717) is 11.3 Å². The van der Waals surface area contributed by atoms with Crippen LogP contribution in [0.4, 0.5) is 0 Å². The summed E-state index contributed by atoms with van der Waals surface area (Å²) >= 11 is 1.21. The normalized spacial score (nSPS) is 18.0. The molecule has 13 heteroatoms. The number of H-pyrrole nitrogens is 1. The van der Waals surface area contributed by atoms with E-state index in [2.05, 4.69) is 15.6 Å². The number of aromatic nitrogens is 1. The van der Waals surface area contributed by atoms with Crippen molar-refractivity contribution in [1.82, 2.24) is 20.5 Å². The number of fused-ring (bicyclic) bond motifs is 1. The van der Waals surface area contributed by atoms with Gasteiger partial charge in [-0.25, -0.2) is 4.79 Å². The van der Waals surface area contributed by atoms with E-state index in [0.717, 1.165) is 16.0 Å². The van der Waals surface area contributed by atoms with Gasteiger partial charge in [0.25, 0.3) is 17.4 Å². The molecule has 0 aliphatic carbocycles. The number of carboxylic acids is 1. The zero-order valence-electron chi connectivity index (χ0n) is 23.7. The summed E-state index contributed by atoms with van der Waals surface area (Å²) in [4.78, 5) is 79.8. The number of benzene rings is 2. The summed E-state index contributed by atoms with van der Waals surface area (Å²) < 4.78 is 4.95. The molecule has 0 radical (unpaired) electrons. The van der Waals surface area contributed by atoms with Gasteiger partial charge >= 0.3 is 11.9 Å². The predicted octanol–water partition coefficient (Wildman–Crippen LogP) is 2.12. The summed E-state index contributed by atoms with van der Waals surface area (Å²) in [5, 5.41) is 14.3. The molecule has 0 saturated carbocycles. The van der Waals surface area contributed by atoms with Gasteiger partial charge in [-0.1, -0.05) is 60.2 Å². The Morgan fingerprint density at radius 3 is 2.39 bits per heavy atom. The van der Waals surface area contributed by atoms with Gasteiger partial charge in [0.05, 0.1) is 0 Å². The van der Waals surface area contributed by atoms with E-state index in [1.165, 1.54) is 24.8 Å². The highest BCUT2D eigenvalue weighted by Gasteiger charge is 2.54. The second kappa shape index (κ2) is 12.6. The van der Waals surface area contributed by atoms with Crippen molar-refractivity contribution in [2.45, 2.75) is 31.3 Å². The maximum Gasteiger partial charge on any atom is 0.352 e. The Balaban J connectivity index is 1.34. The van der Waals surface area contributed by atoms with Crippen LogP contribution in [0.5, 0.6) is 0 Å². The minimum Gasteiger partial charge on any atom is -0.477 e. The van der Waals surface area contributed by atoms with E-state index >= 15 is 0 Å². The number of pyridine rings is 1. The SMILES string of the molecule is CC(=O)OCC1=C(C(=O)O)N2C(=O)C(NC(=O)[C@H](NC(=O)c3ccc(-c4ccc(C)cc4)[nH]c3=O)c3ccccc3)[C@H]2SC1. The van der Waals surface area contributed by atoms with Gasteiger partial charge in [-0.2, -0.15) is 0 Å². The lowest BCUT2D eigenvalue weighted by molar-refractivity contribution is -0.151.